The molecule has 1 aliphatic rings. The Morgan fingerprint density at radius 2 is 1.71 bits per heavy atom. The van der Waals surface area contributed by atoms with Crippen molar-refractivity contribution in [3.8, 4) is 5.75 Å². The predicted octanol–water partition coefficient (Wildman–Crippen LogP) is 3.38. The molecule has 4 nitrogen and oxygen atoms in total. The van der Waals surface area contributed by atoms with Crippen LogP contribution in [-0.2, 0) is 16.0 Å². The molecule has 21 heavy (non-hydrogen) atoms. The first-order chi connectivity index (χ1) is 9.60. The Morgan fingerprint density at radius 1 is 1.10 bits per heavy atom. The second-order valence-electron chi connectivity index (χ2n) is 6.37. The zero-order chi connectivity index (χ0) is 16.0. The summed E-state index contributed by atoms with van der Waals surface area (Å²) < 4.78 is 5.73. The second kappa shape index (κ2) is 4.88. The van der Waals surface area contributed by atoms with E-state index in [9.17, 15) is 15.0 Å². The number of phenols is 1. The molecule has 2 rings (SSSR count). The summed E-state index contributed by atoms with van der Waals surface area (Å²) in [6.07, 6.45) is 0.648. The number of phenolic OH excluding ortho intramolecular Hbond substituents is 1. The number of aryl methyl sites for hydroxylation is 1. The molecule has 2 N–H and O–H groups in total. The molecular weight excluding hydrogens is 268 g/mol. The third-order valence-electron chi connectivity index (χ3n) is 3.83. The minimum atomic E-state index is -1.01. The van der Waals surface area contributed by atoms with Gasteiger partial charge in [-0.25, -0.2) is 0 Å². The van der Waals surface area contributed by atoms with Gasteiger partial charge in [-0.3, -0.25) is 4.79 Å². The highest BCUT2D eigenvalue weighted by molar-refractivity contribution is 6.26. The SMILES string of the molecule is CCc1cc(O)ccc1C1=C(O)C(C)(C)OC(C)(C)C1=O. The van der Waals surface area contributed by atoms with Gasteiger partial charge in [0.25, 0.3) is 0 Å². The molecule has 1 aromatic carbocycles. The van der Waals surface area contributed by atoms with Gasteiger partial charge in [0, 0.05) is 0 Å². The fraction of sp³-hybridized carbons (Fsp3) is 0.471. The first kappa shape index (κ1) is 15.6. The Morgan fingerprint density at radius 3 is 2.29 bits per heavy atom. The Kier molecular flexibility index (Phi) is 3.62. The lowest BCUT2D eigenvalue weighted by molar-refractivity contribution is -0.158. The third kappa shape index (κ3) is 2.56. The quantitative estimate of drug-likeness (QED) is 0.876. The van der Waals surface area contributed by atoms with E-state index in [1.807, 2.05) is 6.92 Å². The van der Waals surface area contributed by atoms with Gasteiger partial charge >= 0.3 is 0 Å². The minimum absolute atomic E-state index is 0.0628. The van der Waals surface area contributed by atoms with E-state index in [1.165, 1.54) is 6.07 Å². The number of aliphatic hydroxyl groups excluding tert-OH is 1. The van der Waals surface area contributed by atoms with Gasteiger partial charge in [-0.2, -0.15) is 0 Å². The van der Waals surface area contributed by atoms with Gasteiger partial charge in [-0.1, -0.05) is 13.0 Å². The van der Waals surface area contributed by atoms with Crippen molar-refractivity contribution < 1.29 is 19.7 Å². The van der Waals surface area contributed by atoms with Crippen molar-refractivity contribution in [1.29, 1.82) is 0 Å². The number of rotatable bonds is 2. The van der Waals surface area contributed by atoms with Crippen molar-refractivity contribution >= 4 is 11.4 Å². The lowest BCUT2D eigenvalue weighted by Crippen LogP contribution is -2.49. The summed E-state index contributed by atoms with van der Waals surface area (Å²) in [5, 5.41) is 20.1. The fourth-order valence-corrected chi connectivity index (χ4v) is 2.81. The Labute approximate surface area is 125 Å². The van der Waals surface area contributed by atoms with Gasteiger partial charge in [0.2, 0.25) is 0 Å². The van der Waals surface area contributed by atoms with Crippen LogP contribution >= 0.6 is 0 Å². The van der Waals surface area contributed by atoms with Crippen LogP contribution in [0.2, 0.25) is 0 Å². The zero-order valence-electron chi connectivity index (χ0n) is 13.2. The van der Waals surface area contributed by atoms with Crippen molar-refractivity contribution in [3.05, 3.63) is 35.1 Å². The highest BCUT2D eigenvalue weighted by Gasteiger charge is 2.47. The molecule has 0 aliphatic carbocycles. The first-order valence-corrected chi connectivity index (χ1v) is 7.11. The maximum absolute atomic E-state index is 12.7. The normalized spacial score (nSPS) is 20.7. The Bertz CT molecular complexity index is 624. The largest absolute Gasteiger partial charge is 0.508 e. The maximum atomic E-state index is 12.7. The summed E-state index contributed by atoms with van der Waals surface area (Å²) in [6, 6.07) is 4.82. The lowest BCUT2D eigenvalue weighted by atomic mass is 9.81. The van der Waals surface area contributed by atoms with E-state index in [1.54, 1.807) is 39.8 Å². The van der Waals surface area contributed by atoms with Crippen molar-refractivity contribution in [2.24, 2.45) is 0 Å². The number of ether oxygens (including phenoxy) is 1. The number of aromatic hydroxyl groups is 1. The highest BCUT2D eigenvalue weighted by atomic mass is 16.5. The molecule has 1 aromatic rings. The topological polar surface area (TPSA) is 66.8 Å². The van der Waals surface area contributed by atoms with Crippen molar-refractivity contribution in [1.82, 2.24) is 0 Å². The number of carbonyl (C=O) groups is 1. The molecule has 0 fully saturated rings. The van der Waals surface area contributed by atoms with Crippen LogP contribution in [0.3, 0.4) is 0 Å². The van der Waals surface area contributed by atoms with Crippen LogP contribution in [0.4, 0.5) is 0 Å². The lowest BCUT2D eigenvalue weighted by Gasteiger charge is -2.40. The number of hydrogen-bond donors (Lipinski definition) is 2. The highest BCUT2D eigenvalue weighted by Crippen LogP contribution is 2.41. The van der Waals surface area contributed by atoms with Gasteiger partial charge in [-0.05, 0) is 57.4 Å². The van der Waals surface area contributed by atoms with Crippen molar-refractivity contribution in [2.45, 2.75) is 52.2 Å². The molecule has 0 unspecified atom stereocenters. The smallest absolute Gasteiger partial charge is 0.198 e. The summed E-state index contributed by atoms with van der Waals surface area (Å²) in [6.45, 7) is 8.83. The number of aliphatic hydroxyl groups is 1. The Balaban J connectivity index is 2.73. The van der Waals surface area contributed by atoms with Crippen LogP contribution in [0.15, 0.2) is 24.0 Å². The van der Waals surface area contributed by atoms with Gasteiger partial charge in [0.05, 0.1) is 5.57 Å². The van der Waals surface area contributed by atoms with Gasteiger partial charge < -0.3 is 14.9 Å². The average Bonchev–Trinajstić information content (AvgIpc) is 2.37. The maximum Gasteiger partial charge on any atom is 0.198 e. The summed E-state index contributed by atoms with van der Waals surface area (Å²) in [7, 11) is 0. The summed E-state index contributed by atoms with van der Waals surface area (Å²) in [5.41, 5.74) is -0.183. The molecule has 0 saturated heterocycles. The molecular formula is C17H22O4. The van der Waals surface area contributed by atoms with E-state index in [0.29, 0.717) is 12.0 Å². The average molecular weight is 290 g/mol. The molecule has 0 radical (unpaired) electrons. The monoisotopic (exact) mass is 290 g/mol. The van der Waals surface area contributed by atoms with Crippen LogP contribution in [0, 0.1) is 0 Å². The zero-order valence-corrected chi connectivity index (χ0v) is 13.2. The second-order valence-corrected chi connectivity index (χ2v) is 6.37. The number of benzene rings is 1. The number of ketones is 1. The number of Topliss-reactive ketones (excluding diaryl/α,β-unsaturated/α-hetero) is 1. The van der Waals surface area contributed by atoms with E-state index in [0.717, 1.165) is 5.56 Å². The van der Waals surface area contributed by atoms with Crippen LogP contribution in [0.25, 0.3) is 5.57 Å². The van der Waals surface area contributed by atoms with Crippen LogP contribution in [0.1, 0.15) is 45.7 Å². The van der Waals surface area contributed by atoms with E-state index < -0.39 is 11.2 Å². The summed E-state index contributed by atoms with van der Waals surface area (Å²) in [5.74, 6) is -0.166. The molecule has 0 saturated carbocycles. The minimum Gasteiger partial charge on any atom is -0.508 e. The molecule has 1 aliphatic heterocycles. The molecule has 0 bridgehead atoms. The molecule has 0 atom stereocenters. The van der Waals surface area contributed by atoms with E-state index in [4.69, 9.17) is 4.74 Å². The standard InChI is InChI=1S/C17H22O4/c1-6-10-9-11(18)7-8-12(10)13-14(19)16(2,3)21-17(4,5)15(13)20/h7-9,18-19H,6H2,1-5H3. The summed E-state index contributed by atoms with van der Waals surface area (Å²) in [4.78, 5) is 12.7. The molecule has 0 amide bonds. The van der Waals surface area contributed by atoms with Crippen molar-refractivity contribution in [3.63, 3.8) is 0 Å². The summed E-state index contributed by atoms with van der Waals surface area (Å²) >= 11 is 0. The van der Waals surface area contributed by atoms with Crippen molar-refractivity contribution in [2.75, 3.05) is 0 Å². The third-order valence-corrected chi connectivity index (χ3v) is 3.83. The van der Waals surface area contributed by atoms with Crippen LogP contribution < -0.4 is 0 Å². The fourth-order valence-electron chi connectivity index (χ4n) is 2.81. The molecule has 0 spiro atoms. The molecule has 1 heterocycles. The molecule has 4 heteroatoms. The van der Waals surface area contributed by atoms with Crippen LogP contribution in [0.5, 0.6) is 5.75 Å². The van der Waals surface area contributed by atoms with Gasteiger partial charge in [-0.15, -0.1) is 0 Å². The van der Waals surface area contributed by atoms with E-state index in [-0.39, 0.29) is 22.9 Å². The van der Waals surface area contributed by atoms with Gasteiger partial charge in [0.1, 0.15) is 22.7 Å². The predicted molar refractivity (Wildman–Crippen MR) is 81.3 cm³/mol. The van der Waals surface area contributed by atoms with Gasteiger partial charge in [0.15, 0.2) is 5.78 Å². The number of carbonyl (C=O) groups excluding carboxylic acids is 1. The molecule has 114 valence electrons. The first-order valence-electron chi connectivity index (χ1n) is 7.11. The van der Waals surface area contributed by atoms with E-state index in [2.05, 4.69) is 0 Å². The Hall–Kier alpha value is -1.81. The van der Waals surface area contributed by atoms with E-state index >= 15 is 0 Å². The van der Waals surface area contributed by atoms with Crippen LogP contribution in [-0.4, -0.2) is 27.2 Å². The molecule has 0 aromatic heterocycles. The number of hydrogen-bond acceptors (Lipinski definition) is 4.